The summed E-state index contributed by atoms with van der Waals surface area (Å²) in [6.07, 6.45) is 1.15. The first kappa shape index (κ1) is 13.1. The second kappa shape index (κ2) is 5.99. The van der Waals surface area contributed by atoms with Crippen molar-refractivity contribution in [2.45, 2.75) is 19.4 Å². The molecule has 2 aromatic rings. The Morgan fingerprint density at radius 1 is 1.42 bits per heavy atom. The van der Waals surface area contributed by atoms with E-state index in [-0.39, 0.29) is 11.7 Å². The molecule has 1 aromatic heterocycles. The Morgan fingerprint density at radius 2 is 2.16 bits per heavy atom. The summed E-state index contributed by atoms with van der Waals surface area (Å²) in [5.74, 6) is 0.0721. The number of hydrogen-bond acceptors (Lipinski definition) is 4. The van der Waals surface area contributed by atoms with Gasteiger partial charge >= 0.3 is 0 Å². The first-order valence-corrected chi connectivity index (χ1v) is 5.82. The van der Waals surface area contributed by atoms with Crippen molar-refractivity contribution in [2.24, 2.45) is 0 Å². The first-order valence-electron chi connectivity index (χ1n) is 5.82. The lowest BCUT2D eigenvalue weighted by Gasteiger charge is -2.16. The molecule has 5 nitrogen and oxygen atoms in total. The van der Waals surface area contributed by atoms with Gasteiger partial charge in [0.1, 0.15) is 17.8 Å². The molecule has 6 heteroatoms. The van der Waals surface area contributed by atoms with Crippen LogP contribution in [0, 0.1) is 5.82 Å². The van der Waals surface area contributed by atoms with Gasteiger partial charge in [-0.05, 0) is 30.7 Å². The normalized spacial score (nSPS) is 11.9. The van der Waals surface area contributed by atoms with E-state index < -0.39 is 6.10 Å². The molecule has 1 N–H and O–H groups in total. The SMILES string of the molecule is CC[C@H](Oc1ccc(F)cc1)C(=O)Nc1ccon1. The molecule has 0 aliphatic heterocycles. The average molecular weight is 264 g/mol. The van der Waals surface area contributed by atoms with Crippen LogP contribution in [0.5, 0.6) is 5.75 Å². The number of aromatic nitrogens is 1. The molecule has 0 spiro atoms. The number of carbonyl (C=O) groups excluding carboxylic acids is 1. The smallest absolute Gasteiger partial charge is 0.266 e. The van der Waals surface area contributed by atoms with Gasteiger partial charge < -0.3 is 14.6 Å². The van der Waals surface area contributed by atoms with Crippen LogP contribution in [-0.4, -0.2) is 17.2 Å². The predicted octanol–water partition coefficient (Wildman–Crippen LogP) is 2.61. The number of nitrogens with zero attached hydrogens (tertiary/aromatic N) is 1. The summed E-state index contributed by atoms with van der Waals surface area (Å²) < 4.78 is 22.9. The summed E-state index contributed by atoms with van der Waals surface area (Å²) in [7, 11) is 0. The van der Waals surface area contributed by atoms with E-state index in [1.54, 1.807) is 0 Å². The van der Waals surface area contributed by atoms with Crippen LogP contribution >= 0.6 is 0 Å². The number of ether oxygens (including phenoxy) is 1. The Bertz CT molecular complexity index is 525. The van der Waals surface area contributed by atoms with Gasteiger partial charge in [-0.1, -0.05) is 12.1 Å². The second-order valence-electron chi connectivity index (χ2n) is 3.84. The average Bonchev–Trinajstić information content (AvgIpc) is 2.90. The van der Waals surface area contributed by atoms with Crippen molar-refractivity contribution in [2.75, 3.05) is 5.32 Å². The lowest BCUT2D eigenvalue weighted by atomic mass is 10.2. The zero-order valence-electron chi connectivity index (χ0n) is 10.3. The number of carbonyl (C=O) groups is 1. The Kier molecular flexibility index (Phi) is 4.12. The molecule has 0 radical (unpaired) electrons. The molecule has 1 atom stereocenters. The molecular weight excluding hydrogens is 251 g/mol. The summed E-state index contributed by atoms with van der Waals surface area (Å²) in [4.78, 5) is 11.9. The van der Waals surface area contributed by atoms with E-state index in [4.69, 9.17) is 4.74 Å². The molecule has 0 saturated carbocycles. The van der Waals surface area contributed by atoms with E-state index in [0.29, 0.717) is 18.0 Å². The van der Waals surface area contributed by atoms with Gasteiger partial charge in [0.15, 0.2) is 11.9 Å². The summed E-state index contributed by atoms with van der Waals surface area (Å²) in [6.45, 7) is 1.82. The van der Waals surface area contributed by atoms with Crippen molar-refractivity contribution in [3.63, 3.8) is 0 Å². The number of hydrogen-bond donors (Lipinski definition) is 1. The zero-order valence-corrected chi connectivity index (χ0v) is 10.3. The Hall–Kier alpha value is -2.37. The van der Waals surface area contributed by atoms with E-state index in [0.717, 1.165) is 0 Å². The van der Waals surface area contributed by atoms with Crippen LogP contribution in [0.25, 0.3) is 0 Å². The number of benzene rings is 1. The molecule has 19 heavy (non-hydrogen) atoms. The molecule has 1 aromatic carbocycles. The summed E-state index contributed by atoms with van der Waals surface area (Å²) in [5, 5.41) is 6.14. The maximum atomic E-state index is 12.8. The Labute approximate surface area is 109 Å². The number of rotatable bonds is 5. The third kappa shape index (κ3) is 3.54. The van der Waals surface area contributed by atoms with Crippen LogP contribution in [-0.2, 0) is 4.79 Å². The van der Waals surface area contributed by atoms with Crippen LogP contribution in [0.2, 0.25) is 0 Å². The highest BCUT2D eigenvalue weighted by Crippen LogP contribution is 2.15. The maximum Gasteiger partial charge on any atom is 0.266 e. The van der Waals surface area contributed by atoms with Gasteiger partial charge in [-0.25, -0.2) is 4.39 Å². The van der Waals surface area contributed by atoms with E-state index >= 15 is 0 Å². The van der Waals surface area contributed by atoms with Gasteiger partial charge in [-0.3, -0.25) is 4.79 Å². The van der Waals surface area contributed by atoms with Gasteiger partial charge in [-0.15, -0.1) is 0 Å². The predicted molar refractivity (Wildman–Crippen MR) is 66.2 cm³/mol. The molecule has 1 amide bonds. The molecule has 0 aliphatic carbocycles. The van der Waals surface area contributed by atoms with Gasteiger partial charge in [0.05, 0.1) is 0 Å². The topological polar surface area (TPSA) is 64.4 Å². The maximum absolute atomic E-state index is 12.8. The highest BCUT2D eigenvalue weighted by atomic mass is 19.1. The van der Waals surface area contributed by atoms with Gasteiger partial charge in [0.25, 0.3) is 5.91 Å². The number of nitrogens with one attached hydrogen (secondary N) is 1. The minimum absolute atomic E-state index is 0.325. The van der Waals surface area contributed by atoms with Crippen LogP contribution in [0.4, 0.5) is 10.2 Å². The number of amides is 1. The van der Waals surface area contributed by atoms with Gasteiger partial charge in [0.2, 0.25) is 0 Å². The van der Waals surface area contributed by atoms with E-state index in [1.807, 2.05) is 6.92 Å². The summed E-state index contributed by atoms with van der Waals surface area (Å²) >= 11 is 0. The van der Waals surface area contributed by atoms with Gasteiger partial charge in [-0.2, -0.15) is 0 Å². The summed E-state index contributed by atoms with van der Waals surface area (Å²) in [6, 6.07) is 7.03. The van der Waals surface area contributed by atoms with E-state index in [9.17, 15) is 9.18 Å². The van der Waals surface area contributed by atoms with Crippen molar-refractivity contribution in [3.05, 3.63) is 42.4 Å². The van der Waals surface area contributed by atoms with Crippen LogP contribution < -0.4 is 10.1 Å². The molecule has 0 bridgehead atoms. The zero-order chi connectivity index (χ0) is 13.7. The first-order chi connectivity index (χ1) is 9.19. The van der Waals surface area contributed by atoms with Crippen molar-refractivity contribution >= 4 is 11.7 Å². The third-order valence-electron chi connectivity index (χ3n) is 2.44. The van der Waals surface area contributed by atoms with Crippen molar-refractivity contribution < 1.29 is 18.4 Å². The molecule has 0 aliphatic rings. The number of anilines is 1. The lowest BCUT2D eigenvalue weighted by molar-refractivity contribution is -0.122. The molecule has 0 saturated heterocycles. The standard InChI is InChI=1S/C13H13FN2O3/c1-2-11(13(17)15-12-7-8-18-16-12)19-10-5-3-9(14)4-6-10/h3-8,11H,2H2,1H3,(H,15,16,17)/t11-/m0/s1. The monoisotopic (exact) mass is 264 g/mol. The lowest BCUT2D eigenvalue weighted by Crippen LogP contribution is -2.32. The largest absolute Gasteiger partial charge is 0.481 e. The minimum Gasteiger partial charge on any atom is -0.481 e. The van der Waals surface area contributed by atoms with Crippen LogP contribution in [0.3, 0.4) is 0 Å². The molecule has 1 heterocycles. The highest BCUT2D eigenvalue weighted by Gasteiger charge is 2.19. The van der Waals surface area contributed by atoms with Crippen LogP contribution in [0.1, 0.15) is 13.3 Å². The quantitative estimate of drug-likeness (QED) is 0.901. The van der Waals surface area contributed by atoms with Crippen molar-refractivity contribution in [3.8, 4) is 5.75 Å². The minimum atomic E-state index is -0.679. The molecule has 0 fully saturated rings. The summed E-state index contributed by atoms with van der Waals surface area (Å²) in [5.41, 5.74) is 0. The number of halogens is 1. The van der Waals surface area contributed by atoms with E-state index in [2.05, 4.69) is 15.0 Å². The second-order valence-corrected chi connectivity index (χ2v) is 3.84. The molecular formula is C13H13FN2O3. The Balaban J connectivity index is 1.99. The highest BCUT2D eigenvalue weighted by molar-refractivity contribution is 5.93. The molecule has 0 unspecified atom stereocenters. The molecule has 100 valence electrons. The van der Waals surface area contributed by atoms with E-state index in [1.165, 1.54) is 36.6 Å². The fourth-order valence-corrected chi connectivity index (χ4v) is 1.48. The van der Waals surface area contributed by atoms with Gasteiger partial charge in [0, 0.05) is 6.07 Å². The van der Waals surface area contributed by atoms with Crippen molar-refractivity contribution in [1.29, 1.82) is 0 Å². The molecule has 2 rings (SSSR count). The van der Waals surface area contributed by atoms with Crippen LogP contribution in [0.15, 0.2) is 41.1 Å². The Morgan fingerprint density at radius 3 is 2.74 bits per heavy atom. The van der Waals surface area contributed by atoms with Crippen molar-refractivity contribution in [1.82, 2.24) is 5.16 Å². The fraction of sp³-hybridized carbons (Fsp3) is 0.231. The third-order valence-corrected chi connectivity index (χ3v) is 2.44. The fourth-order valence-electron chi connectivity index (χ4n) is 1.48.